The molecule has 11 nitrogen and oxygen atoms in total. The van der Waals surface area contributed by atoms with E-state index in [0.717, 1.165) is 0 Å². The van der Waals surface area contributed by atoms with E-state index in [1.807, 2.05) is 13.8 Å². The molecule has 0 aliphatic carbocycles. The first kappa shape index (κ1) is 30.7. The molecule has 3 aromatic carbocycles. The molecule has 0 saturated heterocycles. The third-order valence-corrected chi connectivity index (χ3v) is 5.04. The molecule has 0 aliphatic heterocycles. The highest BCUT2D eigenvalue weighted by Crippen LogP contribution is 2.30. The Morgan fingerprint density at radius 3 is 1.97 bits per heavy atom. The maximum absolute atomic E-state index is 13.0. The van der Waals surface area contributed by atoms with E-state index in [9.17, 15) is 27.9 Å². The van der Waals surface area contributed by atoms with Gasteiger partial charge in [-0.3, -0.25) is 19.6 Å². The molecular weight excluding hydrogens is 524 g/mol. The van der Waals surface area contributed by atoms with Gasteiger partial charge in [0.2, 0.25) is 5.91 Å². The summed E-state index contributed by atoms with van der Waals surface area (Å²) in [6.45, 7) is 3.84. The van der Waals surface area contributed by atoms with Crippen LogP contribution in [0, 0.1) is 11.3 Å². The Hall–Kier alpha value is -4.55. The largest absolute Gasteiger partial charge is 0.478 e. The third-order valence-electron chi connectivity index (χ3n) is 5.04. The predicted octanol–water partition coefficient (Wildman–Crippen LogP) is 4.08. The number of nitrogens with one attached hydrogen (secondary N) is 3. The molecule has 2 amide bonds. The van der Waals surface area contributed by atoms with Crippen LogP contribution >= 0.6 is 0 Å². The molecule has 3 aromatic rings. The number of nitrogen functional groups attached to an aromatic ring is 1. The third kappa shape index (κ3) is 10.0. The molecule has 0 spiro atoms. The van der Waals surface area contributed by atoms with E-state index < -0.39 is 22.0 Å². The minimum atomic E-state index is -3.67. The van der Waals surface area contributed by atoms with Gasteiger partial charge in [0.1, 0.15) is 5.84 Å². The summed E-state index contributed by atoms with van der Waals surface area (Å²) in [4.78, 5) is 37.2. The maximum Gasteiger partial charge on any atom is 0.336 e. The zero-order chi connectivity index (χ0) is 29.3. The van der Waals surface area contributed by atoms with Crippen molar-refractivity contribution in [2.45, 2.75) is 20.3 Å². The fraction of sp³-hybridized carbons (Fsp3) is 0.185. The fourth-order valence-electron chi connectivity index (χ4n) is 3.46. The topological polar surface area (TPSA) is 200 Å². The molecule has 0 aromatic heterocycles. The molecule has 0 bridgehead atoms. The zero-order valence-electron chi connectivity index (χ0n) is 21.6. The van der Waals surface area contributed by atoms with Crippen molar-refractivity contribution in [1.82, 2.24) is 0 Å². The Morgan fingerprint density at radius 2 is 1.44 bits per heavy atom. The molecule has 39 heavy (non-hydrogen) atoms. The number of benzene rings is 3. The molecule has 0 radical (unpaired) electrons. The quantitative estimate of drug-likeness (QED) is 0.136. The van der Waals surface area contributed by atoms with Crippen molar-refractivity contribution in [3.8, 4) is 11.1 Å². The summed E-state index contributed by atoms with van der Waals surface area (Å²) >= 11 is 0. The van der Waals surface area contributed by atoms with Crippen LogP contribution in [0.3, 0.4) is 0 Å². The zero-order valence-corrected chi connectivity index (χ0v) is 22.4. The summed E-state index contributed by atoms with van der Waals surface area (Å²) in [6, 6.07) is 17.8. The number of anilines is 2. The van der Waals surface area contributed by atoms with Crippen molar-refractivity contribution >= 4 is 45.1 Å². The lowest BCUT2D eigenvalue weighted by Crippen LogP contribution is -2.15. The number of rotatable bonds is 8. The molecule has 0 unspecified atom stereocenters. The number of aromatic carboxylic acids is 1. The molecule has 7 N–H and O–H groups in total. The summed E-state index contributed by atoms with van der Waals surface area (Å²) in [6.07, 6.45) is 1.04. The Kier molecular flexibility index (Phi) is 10.5. The number of carboxylic acids is 1. The molecule has 0 heterocycles. The highest BCUT2D eigenvalue weighted by atomic mass is 32.2. The van der Waals surface area contributed by atoms with E-state index >= 15 is 0 Å². The average Bonchev–Trinajstić information content (AvgIpc) is 2.82. The minimum Gasteiger partial charge on any atom is -0.478 e. The Morgan fingerprint density at radius 1 is 0.897 bits per heavy atom. The van der Waals surface area contributed by atoms with Crippen LogP contribution in [0.4, 0.5) is 11.4 Å². The number of hydrogen-bond donors (Lipinski definition) is 6. The smallest absolute Gasteiger partial charge is 0.336 e. The van der Waals surface area contributed by atoms with Crippen LogP contribution in [0.2, 0.25) is 0 Å². The van der Waals surface area contributed by atoms with Gasteiger partial charge in [0.25, 0.3) is 16.0 Å². The molecule has 206 valence electrons. The van der Waals surface area contributed by atoms with Gasteiger partial charge in [-0.2, -0.15) is 8.42 Å². The van der Waals surface area contributed by atoms with Crippen molar-refractivity contribution in [2.75, 3.05) is 16.9 Å². The van der Waals surface area contributed by atoms with E-state index in [4.69, 9.17) is 15.7 Å². The number of carboxylic acid groups (broad SMARTS) is 1. The van der Waals surface area contributed by atoms with Crippen molar-refractivity contribution in [2.24, 2.45) is 11.7 Å². The van der Waals surface area contributed by atoms with Crippen LogP contribution in [-0.4, -0.2) is 48.0 Å². The Labute approximate surface area is 226 Å². The predicted molar refractivity (Wildman–Crippen MR) is 150 cm³/mol. The van der Waals surface area contributed by atoms with Gasteiger partial charge >= 0.3 is 5.97 Å². The first-order valence-corrected chi connectivity index (χ1v) is 13.5. The fourth-order valence-corrected chi connectivity index (χ4v) is 3.46. The number of amidine groups is 1. The van der Waals surface area contributed by atoms with Gasteiger partial charge in [0.05, 0.1) is 11.8 Å². The van der Waals surface area contributed by atoms with E-state index in [2.05, 4.69) is 10.6 Å². The number of carbonyl (C=O) groups excluding carboxylic acids is 2. The first-order valence-electron chi connectivity index (χ1n) is 11.6. The van der Waals surface area contributed by atoms with Gasteiger partial charge in [-0.05, 0) is 59.5 Å². The second-order valence-electron chi connectivity index (χ2n) is 8.94. The highest BCUT2D eigenvalue weighted by Gasteiger charge is 2.19. The lowest BCUT2D eigenvalue weighted by Gasteiger charge is -2.14. The van der Waals surface area contributed by atoms with Crippen molar-refractivity contribution < 1.29 is 32.5 Å². The molecule has 0 aliphatic rings. The Bertz CT molecular complexity index is 1480. The number of carbonyl (C=O) groups is 3. The minimum absolute atomic E-state index is 0.0339. The average molecular weight is 555 g/mol. The van der Waals surface area contributed by atoms with Crippen molar-refractivity contribution in [3.63, 3.8) is 0 Å². The highest BCUT2D eigenvalue weighted by molar-refractivity contribution is 7.85. The van der Waals surface area contributed by atoms with Crippen LogP contribution in [0.1, 0.15) is 46.5 Å². The molecule has 0 saturated carbocycles. The van der Waals surface area contributed by atoms with Crippen LogP contribution in [0.15, 0.2) is 66.7 Å². The van der Waals surface area contributed by atoms with Crippen LogP contribution in [0.5, 0.6) is 0 Å². The molecule has 3 rings (SSSR count). The number of amides is 2. The van der Waals surface area contributed by atoms with Gasteiger partial charge in [0, 0.05) is 28.9 Å². The molecule has 0 fully saturated rings. The van der Waals surface area contributed by atoms with E-state index in [1.165, 1.54) is 6.07 Å². The number of hydrogen-bond acceptors (Lipinski definition) is 6. The lowest BCUT2D eigenvalue weighted by atomic mass is 9.94. The van der Waals surface area contributed by atoms with E-state index in [-0.39, 0.29) is 28.8 Å². The van der Waals surface area contributed by atoms with E-state index in [1.54, 1.807) is 60.7 Å². The standard InChI is InChI=1S/C26H26N4O4.CH4O3S/c1-15(2)13-23(31)29-18-11-12-20(22(14-18)26(33)34)19-5-3-4-6-21(19)25(32)30-17-9-7-16(8-10-17)24(27)28;1-5(2,3)4/h3-12,14-15H,13H2,1-2H3,(H3,27,28)(H,29,31)(H,30,32)(H,33,34);1H3,(H,2,3,4). The molecule has 0 atom stereocenters. The van der Waals surface area contributed by atoms with Gasteiger partial charge in [-0.1, -0.05) is 38.1 Å². The summed E-state index contributed by atoms with van der Waals surface area (Å²) < 4.78 is 25.9. The van der Waals surface area contributed by atoms with Crippen molar-refractivity contribution in [1.29, 1.82) is 5.41 Å². The maximum atomic E-state index is 13.0. The summed E-state index contributed by atoms with van der Waals surface area (Å²) in [7, 11) is -3.67. The lowest BCUT2D eigenvalue weighted by molar-refractivity contribution is -0.116. The van der Waals surface area contributed by atoms with Gasteiger partial charge in [0.15, 0.2) is 0 Å². The molecule has 12 heteroatoms. The van der Waals surface area contributed by atoms with Gasteiger partial charge < -0.3 is 21.5 Å². The van der Waals surface area contributed by atoms with Crippen LogP contribution in [0.25, 0.3) is 11.1 Å². The Balaban J connectivity index is 0.000000976. The summed E-state index contributed by atoms with van der Waals surface area (Å²) in [5.74, 6) is -1.70. The first-order chi connectivity index (χ1) is 18.2. The summed E-state index contributed by atoms with van der Waals surface area (Å²) in [5.41, 5.74) is 7.93. The van der Waals surface area contributed by atoms with E-state index in [0.29, 0.717) is 40.7 Å². The normalized spacial score (nSPS) is 10.7. The number of nitrogens with two attached hydrogens (primary N) is 1. The van der Waals surface area contributed by atoms with Crippen LogP contribution in [-0.2, 0) is 14.9 Å². The monoisotopic (exact) mass is 554 g/mol. The van der Waals surface area contributed by atoms with Crippen LogP contribution < -0.4 is 16.4 Å². The second-order valence-corrected chi connectivity index (χ2v) is 10.4. The second kappa shape index (κ2) is 13.3. The SMILES string of the molecule is CC(C)CC(=O)Nc1ccc(-c2ccccc2C(=O)Nc2ccc(C(=N)N)cc2)c(C(=O)O)c1.CS(=O)(=O)O. The van der Waals surface area contributed by atoms with Crippen molar-refractivity contribution in [3.05, 3.63) is 83.4 Å². The summed E-state index contributed by atoms with van der Waals surface area (Å²) in [5, 5.41) is 22.8. The molecular formula is C27H30N4O7S. The van der Waals surface area contributed by atoms with Gasteiger partial charge in [-0.15, -0.1) is 0 Å². The van der Waals surface area contributed by atoms with Gasteiger partial charge in [-0.25, -0.2) is 4.79 Å².